The molecule has 0 N–H and O–H groups in total. The predicted octanol–water partition coefficient (Wildman–Crippen LogP) is 0.530. The lowest BCUT2D eigenvalue weighted by molar-refractivity contribution is -0.392. The molecule has 0 saturated carbocycles. The van der Waals surface area contributed by atoms with E-state index in [0.29, 0.717) is 12.0 Å². The molecule has 1 aliphatic heterocycles. The standard InChI is InChI=1S/C12H13N3O6/c1-7-5-9(14(18)19)11(10(6-7)15(20)21)13-4-2-3-8(13)12(16)17/h5-6,8H,2-4H2,1H3,(H,16,17)/p-1/t8-/m1/s1. The molecule has 1 saturated heterocycles. The van der Waals surface area contributed by atoms with E-state index >= 15 is 0 Å². The lowest BCUT2D eigenvalue weighted by Crippen LogP contribution is -2.44. The number of carboxylic acids is 1. The number of carboxylic acid groups (broad SMARTS) is 1. The predicted molar refractivity (Wildman–Crippen MR) is 69.9 cm³/mol. The van der Waals surface area contributed by atoms with E-state index < -0.39 is 33.2 Å². The average molecular weight is 294 g/mol. The molecule has 112 valence electrons. The highest BCUT2D eigenvalue weighted by atomic mass is 16.6. The van der Waals surface area contributed by atoms with Crippen molar-refractivity contribution < 1.29 is 19.7 Å². The number of aliphatic carboxylic acids is 1. The van der Waals surface area contributed by atoms with Crippen molar-refractivity contribution in [2.45, 2.75) is 25.8 Å². The number of carbonyl (C=O) groups is 1. The molecule has 0 unspecified atom stereocenters. The van der Waals surface area contributed by atoms with E-state index in [1.165, 1.54) is 24.0 Å². The summed E-state index contributed by atoms with van der Waals surface area (Å²) < 4.78 is 0. The van der Waals surface area contributed by atoms with E-state index in [1.54, 1.807) is 0 Å². The van der Waals surface area contributed by atoms with Gasteiger partial charge in [0, 0.05) is 18.7 Å². The molecule has 0 radical (unpaired) electrons. The van der Waals surface area contributed by atoms with Gasteiger partial charge in [-0.2, -0.15) is 0 Å². The molecule has 0 amide bonds. The van der Waals surface area contributed by atoms with Crippen molar-refractivity contribution in [1.82, 2.24) is 0 Å². The maximum atomic E-state index is 11.2. The van der Waals surface area contributed by atoms with E-state index in [1.807, 2.05) is 0 Å². The molecular formula is C12H12N3O6-. The summed E-state index contributed by atoms with van der Waals surface area (Å²) >= 11 is 0. The van der Waals surface area contributed by atoms with Crippen LogP contribution in [-0.4, -0.2) is 28.4 Å². The number of nitrogens with zero attached hydrogens (tertiary/aromatic N) is 3. The van der Waals surface area contributed by atoms with Crippen molar-refractivity contribution in [2.75, 3.05) is 11.4 Å². The first-order valence-electron chi connectivity index (χ1n) is 6.24. The van der Waals surface area contributed by atoms with Crippen LogP contribution >= 0.6 is 0 Å². The molecule has 1 aromatic carbocycles. The summed E-state index contributed by atoms with van der Waals surface area (Å²) in [5.41, 5.74) is -0.826. The van der Waals surface area contributed by atoms with Gasteiger partial charge in [-0.25, -0.2) is 0 Å². The third-order valence-electron chi connectivity index (χ3n) is 3.42. The Labute approximate surface area is 119 Å². The van der Waals surface area contributed by atoms with Crippen molar-refractivity contribution in [3.05, 3.63) is 37.9 Å². The highest BCUT2D eigenvalue weighted by molar-refractivity contribution is 5.84. The van der Waals surface area contributed by atoms with Crippen LogP contribution in [0, 0.1) is 27.2 Å². The molecule has 1 fully saturated rings. The maximum Gasteiger partial charge on any atom is 0.299 e. The minimum absolute atomic E-state index is 0.198. The number of hydrogen-bond acceptors (Lipinski definition) is 7. The normalized spacial score (nSPS) is 17.8. The molecule has 9 nitrogen and oxygen atoms in total. The monoisotopic (exact) mass is 294 g/mol. The summed E-state index contributed by atoms with van der Waals surface area (Å²) in [4.78, 5) is 33.2. The van der Waals surface area contributed by atoms with Gasteiger partial charge >= 0.3 is 0 Å². The van der Waals surface area contributed by atoms with Gasteiger partial charge in [0.2, 0.25) is 0 Å². The number of rotatable bonds is 4. The van der Waals surface area contributed by atoms with Crippen molar-refractivity contribution in [3.8, 4) is 0 Å². The molecular weight excluding hydrogens is 282 g/mol. The number of nitro groups is 2. The van der Waals surface area contributed by atoms with Crippen LogP contribution in [-0.2, 0) is 4.79 Å². The third kappa shape index (κ3) is 2.62. The number of aryl methyl sites for hydroxylation is 1. The number of hydrogen-bond donors (Lipinski definition) is 0. The molecule has 9 heteroatoms. The average Bonchev–Trinajstić information content (AvgIpc) is 2.86. The van der Waals surface area contributed by atoms with Crippen LogP contribution in [0.1, 0.15) is 18.4 Å². The van der Waals surface area contributed by atoms with E-state index in [-0.39, 0.29) is 18.7 Å². The van der Waals surface area contributed by atoms with Crippen LogP contribution in [0.4, 0.5) is 17.1 Å². The van der Waals surface area contributed by atoms with Crippen LogP contribution in [0.2, 0.25) is 0 Å². The Morgan fingerprint density at radius 3 is 2.19 bits per heavy atom. The van der Waals surface area contributed by atoms with Gasteiger partial charge in [-0.15, -0.1) is 0 Å². The smallest absolute Gasteiger partial charge is 0.299 e. The molecule has 0 spiro atoms. The van der Waals surface area contributed by atoms with Gasteiger partial charge in [-0.1, -0.05) is 0 Å². The summed E-state index contributed by atoms with van der Waals surface area (Å²) in [5, 5.41) is 33.5. The summed E-state index contributed by atoms with van der Waals surface area (Å²) in [6, 6.07) is 1.31. The molecule has 0 aromatic heterocycles. The number of nitro benzene ring substituents is 2. The quantitative estimate of drug-likeness (QED) is 0.584. The lowest BCUT2D eigenvalue weighted by Gasteiger charge is -2.26. The van der Waals surface area contributed by atoms with Crippen molar-refractivity contribution in [3.63, 3.8) is 0 Å². The molecule has 21 heavy (non-hydrogen) atoms. The molecule has 0 aliphatic carbocycles. The zero-order valence-corrected chi connectivity index (χ0v) is 11.1. The van der Waals surface area contributed by atoms with Crippen LogP contribution in [0.25, 0.3) is 0 Å². The first-order chi connectivity index (χ1) is 9.82. The van der Waals surface area contributed by atoms with Gasteiger partial charge in [0.1, 0.15) is 0 Å². The summed E-state index contributed by atoms with van der Waals surface area (Å²) in [5.74, 6) is -1.39. The topological polar surface area (TPSA) is 130 Å². The van der Waals surface area contributed by atoms with E-state index in [9.17, 15) is 30.1 Å². The molecule has 1 atom stereocenters. The Balaban J connectivity index is 2.67. The van der Waals surface area contributed by atoms with E-state index in [0.717, 1.165) is 0 Å². The summed E-state index contributed by atoms with van der Waals surface area (Å²) in [6.07, 6.45) is 0.714. The summed E-state index contributed by atoms with van der Waals surface area (Å²) in [6.45, 7) is 1.70. The molecule has 2 rings (SSSR count). The highest BCUT2D eigenvalue weighted by Crippen LogP contribution is 2.41. The Morgan fingerprint density at radius 2 is 1.76 bits per heavy atom. The first kappa shape index (κ1) is 14.7. The zero-order chi connectivity index (χ0) is 15.7. The van der Waals surface area contributed by atoms with Gasteiger partial charge in [0.15, 0.2) is 5.69 Å². The second-order valence-electron chi connectivity index (χ2n) is 4.84. The fraction of sp³-hybridized carbons (Fsp3) is 0.417. The van der Waals surface area contributed by atoms with Gasteiger partial charge < -0.3 is 14.8 Å². The largest absolute Gasteiger partial charge is 0.548 e. The van der Waals surface area contributed by atoms with E-state index in [2.05, 4.69) is 0 Å². The Morgan fingerprint density at radius 1 is 1.24 bits per heavy atom. The molecule has 1 aromatic rings. The second kappa shape index (κ2) is 5.35. The van der Waals surface area contributed by atoms with Crippen LogP contribution in [0.5, 0.6) is 0 Å². The highest BCUT2D eigenvalue weighted by Gasteiger charge is 2.36. The molecule has 1 aliphatic rings. The Hall–Kier alpha value is -2.71. The Bertz CT molecular complexity index is 594. The van der Waals surface area contributed by atoms with Gasteiger partial charge in [0.25, 0.3) is 11.4 Å². The van der Waals surface area contributed by atoms with Gasteiger partial charge in [-0.05, 0) is 25.3 Å². The lowest BCUT2D eigenvalue weighted by atomic mass is 10.1. The molecule has 0 bridgehead atoms. The summed E-state index contributed by atoms with van der Waals surface area (Å²) in [7, 11) is 0. The van der Waals surface area contributed by atoms with Gasteiger partial charge in [0.05, 0.1) is 21.9 Å². The zero-order valence-electron chi connectivity index (χ0n) is 11.1. The van der Waals surface area contributed by atoms with E-state index in [4.69, 9.17) is 0 Å². The van der Waals surface area contributed by atoms with Crippen LogP contribution in [0.15, 0.2) is 12.1 Å². The number of carbonyl (C=O) groups excluding carboxylic acids is 1. The minimum atomic E-state index is -1.39. The number of anilines is 1. The minimum Gasteiger partial charge on any atom is -0.548 e. The van der Waals surface area contributed by atoms with Crippen molar-refractivity contribution in [1.29, 1.82) is 0 Å². The second-order valence-corrected chi connectivity index (χ2v) is 4.84. The third-order valence-corrected chi connectivity index (χ3v) is 3.42. The van der Waals surface area contributed by atoms with Crippen molar-refractivity contribution >= 4 is 23.0 Å². The SMILES string of the molecule is Cc1cc([N+](=O)[O-])c(N2CCC[C@@H]2C(=O)[O-])c([N+](=O)[O-])c1. The maximum absolute atomic E-state index is 11.2. The van der Waals surface area contributed by atoms with Crippen molar-refractivity contribution in [2.24, 2.45) is 0 Å². The number of benzene rings is 1. The Kier molecular flexibility index (Phi) is 3.74. The van der Waals surface area contributed by atoms with Crippen LogP contribution in [0.3, 0.4) is 0 Å². The van der Waals surface area contributed by atoms with Crippen LogP contribution < -0.4 is 10.0 Å². The molecule has 1 heterocycles. The van der Waals surface area contributed by atoms with Gasteiger partial charge in [-0.3, -0.25) is 20.2 Å². The first-order valence-corrected chi connectivity index (χ1v) is 6.24. The fourth-order valence-corrected chi connectivity index (χ4v) is 2.59. The fourth-order valence-electron chi connectivity index (χ4n) is 2.59.